The highest BCUT2D eigenvalue weighted by molar-refractivity contribution is 8.18. The van der Waals surface area contributed by atoms with E-state index in [-0.39, 0.29) is 23.5 Å². The number of fused-ring (bicyclic) bond motifs is 1. The van der Waals surface area contributed by atoms with Crippen molar-refractivity contribution in [1.29, 1.82) is 0 Å². The fourth-order valence-corrected chi connectivity index (χ4v) is 6.20. The second-order valence-electron chi connectivity index (χ2n) is 9.93. The van der Waals surface area contributed by atoms with E-state index in [1.807, 2.05) is 0 Å². The van der Waals surface area contributed by atoms with Gasteiger partial charge in [-0.25, -0.2) is 0 Å². The van der Waals surface area contributed by atoms with Crippen molar-refractivity contribution >= 4 is 28.9 Å². The van der Waals surface area contributed by atoms with Crippen molar-refractivity contribution in [3.05, 3.63) is 75.3 Å². The van der Waals surface area contributed by atoms with Crippen LogP contribution >= 0.6 is 11.8 Å². The minimum atomic E-state index is -5.00. The van der Waals surface area contributed by atoms with Crippen molar-refractivity contribution in [2.75, 3.05) is 13.7 Å². The molecule has 1 amide bonds. The zero-order chi connectivity index (χ0) is 29.4. The average Bonchev–Trinajstić information content (AvgIpc) is 3.30. The summed E-state index contributed by atoms with van der Waals surface area (Å²) >= 11 is 1.30. The molecule has 1 saturated heterocycles. The summed E-state index contributed by atoms with van der Waals surface area (Å²) in [5, 5.41) is 0.656. The Morgan fingerprint density at radius 3 is 2.54 bits per heavy atom. The van der Waals surface area contributed by atoms with E-state index in [9.17, 15) is 31.1 Å². The predicted octanol–water partition coefficient (Wildman–Crippen LogP) is 8.06. The Morgan fingerprint density at radius 1 is 1.02 bits per heavy atom. The van der Waals surface area contributed by atoms with Crippen molar-refractivity contribution < 1.29 is 40.6 Å². The van der Waals surface area contributed by atoms with Crippen molar-refractivity contribution in [1.82, 2.24) is 4.90 Å². The highest BCUT2D eigenvalue weighted by atomic mass is 32.2. The standard InChI is InChI=1S/C29H26F6N2O3S/c1-39-24-13-17(14-25-26(38)36-27(41-25)37-12-4-6-18-5-2-3-7-22(18)37)8-11-23(24)40-16-19-9-10-20(28(30,31)32)15-21(19)29(33,34)35/h7-11,13-15,18H,2-6,12,16H2,1H3/b25-14+. The first-order chi connectivity index (χ1) is 19.4. The summed E-state index contributed by atoms with van der Waals surface area (Å²) in [5.41, 5.74) is -1.45. The lowest BCUT2D eigenvalue weighted by Crippen LogP contribution is -2.37. The van der Waals surface area contributed by atoms with Crippen molar-refractivity contribution in [3.63, 3.8) is 0 Å². The zero-order valence-electron chi connectivity index (χ0n) is 21.9. The van der Waals surface area contributed by atoms with Crippen LogP contribution in [0.15, 0.2) is 58.1 Å². The molecule has 0 N–H and O–H groups in total. The first-order valence-corrected chi connectivity index (χ1v) is 13.8. The monoisotopic (exact) mass is 596 g/mol. The summed E-state index contributed by atoms with van der Waals surface area (Å²) in [7, 11) is 1.35. The maximum atomic E-state index is 13.5. The summed E-state index contributed by atoms with van der Waals surface area (Å²) < 4.78 is 90.3. The van der Waals surface area contributed by atoms with Crippen LogP contribution in [-0.4, -0.2) is 29.6 Å². The molecule has 0 bridgehead atoms. The summed E-state index contributed by atoms with van der Waals surface area (Å²) in [5.74, 6) is 0.414. The van der Waals surface area contributed by atoms with E-state index in [0.717, 1.165) is 38.3 Å². The van der Waals surface area contributed by atoms with Crippen LogP contribution in [-0.2, 0) is 23.8 Å². The smallest absolute Gasteiger partial charge is 0.416 e. The van der Waals surface area contributed by atoms with Crippen molar-refractivity contribution in [2.45, 2.75) is 51.1 Å². The quantitative estimate of drug-likeness (QED) is 0.258. The third-order valence-corrected chi connectivity index (χ3v) is 8.23. The number of aliphatic imine (C=N–C) groups is 1. The number of allylic oxidation sites excluding steroid dienone is 2. The van der Waals surface area contributed by atoms with E-state index in [2.05, 4.69) is 16.0 Å². The molecule has 5 rings (SSSR count). The van der Waals surface area contributed by atoms with E-state index in [1.54, 1.807) is 18.2 Å². The second-order valence-corrected chi connectivity index (χ2v) is 10.9. The number of nitrogens with zero attached hydrogens (tertiary/aromatic N) is 2. The number of amidine groups is 1. The lowest BCUT2D eigenvalue weighted by atomic mass is 9.85. The van der Waals surface area contributed by atoms with E-state index in [4.69, 9.17) is 9.47 Å². The van der Waals surface area contributed by atoms with Crippen LogP contribution in [0.1, 0.15) is 54.4 Å². The normalized spacial score (nSPS) is 20.6. The predicted molar refractivity (Wildman–Crippen MR) is 143 cm³/mol. The Hall–Kier alpha value is -3.41. The molecule has 2 aromatic rings. The maximum absolute atomic E-state index is 13.5. The highest BCUT2D eigenvalue weighted by Gasteiger charge is 2.38. The van der Waals surface area contributed by atoms with Crippen LogP contribution in [0.5, 0.6) is 11.5 Å². The highest BCUT2D eigenvalue weighted by Crippen LogP contribution is 2.41. The lowest BCUT2D eigenvalue weighted by molar-refractivity contribution is -0.143. The van der Waals surface area contributed by atoms with E-state index >= 15 is 0 Å². The van der Waals surface area contributed by atoms with Gasteiger partial charge in [-0.05, 0) is 85.7 Å². The summed E-state index contributed by atoms with van der Waals surface area (Å²) in [6, 6.07) is 6.05. The van der Waals surface area contributed by atoms with E-state index < -0.39 is 35.6 Å². The summed E-state index contributed by atoms with van der Waals surface area (Å²) in [6.07, 6.45) is -0.523. The van der Waals surface area contributed by atoms with E-state index in [0.29, 0.717) is 27.6 Å². The molecule has 0 aromatic heterocycles. The molecule has 0 spiro atoms. The van der Waals surface area contributed by atoms with Crippen LogP contribution in [0.25, 0.3) is 6.08 Å². The lowest BCUT2D eigenvalue weighted by Gasteiger charge is -2.38. The number of carbonyl (C=O) groups is 1. The molecule has 1 aliphatic carbocycles. The first kappa shape index (κ1) is 29.1. The fraction of sp³-hybridized carbons (Fsp3) is 0.379. The number of alkyl halides is 6. The molecule has 12 heteroatoms. The largest absolute Gasteiger partial charge is 0.493 e. The van der Waals surface area contributed by atoms with Gasteiger partial charge in [0, 0.05) is 17.8 Å². The number of thioether (sulfide) groups is 1. The van der Waals surface area contributed by atoms with Crippen molar-refractivity contribution in [3.8, 4) is 11.5 Å². The molecule has 5 nitrogen and oxygen atoms in total. The number of likely N-dealkylation sites (tertiary alicyclic amines) is 1. The second kappa shape index (κ2) is 11.5. The molecular weight excluding hydrogens is 570 g/mol. The Labute approximate surface area is 236 Å². The molecule has 2 heterocycles. The minimum Gasteiger partial charge on any atom is -0.493 e. The van der Waals surface area contributed by atoms with Crippen molar-refractivity contribution in [2.24, 2.45) is 10.9 Å². The van der Waals surface area contributed by atoms with Gasteiger partial charge in [0.15, 0.2) is 16.7 Å². The number of hydrogen-bond acceptors (Lipinski definition) is 5. The molecule has 41 heavy (non-hydrogen) atoms. The molecule has 3 aliphatic rings. The van der Waals surface area contributed by atoms with Gasteiger partial charge in [0.2, 0.25) is 0 Å². The molecule has 0 saturated carbocycles. The third-order valence-electron chi connectivity index (χ3n) is 7.23. The maximum Gasteiger partial charge on any atom is 0.416 e. The summed E-state index contributed by atoms with van der Waals surface area (Å²) in [6.45, 7) is 0.172. The van der Waals surface area contributed by atoms with Gasteiger partial charge >= 0.3 is 12.4 Å². The molecule has 1 unspecified atom stereocenters. The average molecular weight is 597 g/mol. The zero-order valence-corrected chi connectivity index (χ0v) is 22.8. The van der Waals surface area contributed by atoms with Gasteiger partial charge in [-0.2, -0.15) is 31.3 Å². The number of piperidine rings is 1. The number of rotatable bonds is 5. The molecule has 218 valence electrons. The minimum absolute atomic E-state index is 0.0761. The van der Waals surface area contributed by atoms with Crippen LogP contribution in [0, 0.1) is 5.92 Å². The van der Waals surface area contributed by atoms with Crippen LogP contribution in [0.3, 0.4) is 0 Å². The number of ether oxygens (including phenoxy) is 2. The Kier molecular flexibility index (Phi) is 8.13. The molecule has 1 atom stereocenters. The van der Waals surface area contributed by atoms with Gasteiger partial charge in [0.25, 0.3) is 5.91 Å². The molecular formula is C29H26F6N2O3S. The van der Waals surface area contributed by atoms with Crippen LogP contribution < -0.4 is 9.47 Å². The third kappa shape index (κ3) is 6.42. The number of benzene rings is 2. The number of halogens is 6. The number of carbonyl (C=O) groups excluding carboxylic acids is 1. The molecule has 1 fully saturated rings. The van der Waals surface area contributed by atoms with Gasteiger partial charge in [0.05, 0.1) is 23.1 Å². The Bertz CT molecular complexity index is 1430. The number of hydrogen-bond donors (Lipinski definition) is 0. The SMILES string of the molecule is COc1cc(/C=C2/SC(N3CCCC4CCCC=C43)=NC2=O)ccc1OCc1ccc(C(F)(F)F)cc1C(F)(F)F. The van der Waals surface area contributed by atoms with Crippen LogP contribution in [0.4, 0.5) is 26.3 Å². The molecule has 2 aromatic carbocycles. The molecule has 0 radical (unpaired) electrons. The Morgan fingerprint density at radius 2 is 1.80 bits per heavy atom. The van der Waals surface area contributed by atoms with Crippen LogP contribution in [0.2, 0.25) is 0 Å². The van der Waals surface area contributed by atoms with E-state index in [1.165, 1.54) is 37.1 Å². The summed E-state index contributed by atoms with van der Waals surface area (Å²) in [4.78, 5) is 19.6. The fourth-order valence-electron chi connectivity index (χ4n) is 5.24. The van der Waals surface area contributed by atoms with Gasteiger partial charge < -0.3 is 14.4 Å². The van der Waals surface area contributed by atoms with Gasteiger partial charge in [-0.3, -0.25) is 4.79 Å². The molecule has 2 aliphatic heterocycles. The Balaban J connectivity index is 1.31. The topological polar surface area (TPSA) is 51.1 Å². The number of methoxy groups -OCH3 is 1. The van der Waals surface area contributed by atoms with Gasteiger partial charge in [0.1, 0.15) is 6.61 Å². The number of amides is 1. The first-order valence-electron chi connectivity index (χ1n) is 13.0. The van der Waals surface area contributed by atoms with Gasteiger partial charge in [-0.15, -0.1) is 0 Å². The van der Waals surface area contributed by atoms with Gasteiger partial charge in [-0.1, -0.05) is 18.2 Å².